The minimum Gasteiger partial charge on any atom is -0.392 e. The first-order chi connectivity index (χ1) is 9.70. The van der Waals surface area contributed by atoms with E-state index in [4.69, 9.17) is 0 Å². The summed E-state index contributed by atoms with van der Waals surface area (Å²) in [5, 5.41) is 9.42. The standard InChI is InChI=1S/C14H19N3OS2/c1-11(18)10-16-6-8-17(9-7-16)20-14-15-12-4-2-3-5-13(12)19-14/h2-5,11,18H,6-10H2,1H3/t11-/m1/s1. The molecule has 0 unspecified atom stereocenters. The molecule has 1 N–H and O–H groups in total. The third-order valence-electron chi connectivity index (χ3n) is 3.34. The Bertz CT molecular complexity index is 531. The molecule has 1 saturated heterocycles. The van der Waals surface area contributed by atoms with Gasteiger partial charge < -0.3 is 5.11 Å². The van der Waals surface area contributed by atoms with E-state index in [0.29, 0.717) is 0 Å². The topological polar surface area (TPSA) is 39.6 Å². The Kier molecular flexibility index (Phi) is 4.58. The highest BCUT2D eigenvalue weighted by molar-refractivity contribution is 7.98. The maximum Gasteiger partial charge on any atom is 0.166 e. The highest BCUT2D eigenvalue weighted by atomic mass is 32.2. The van der Waals surface area contributed by atoms with Crippen molar-refractivity contribution in [2.24, 2.45) is 0 Å². The van der Waals surface area contributed by atoms with Crippen LogP contribution in [0.2, 0.25) is 0 Å². The average Bonchev–Trinajstić information content (AvgIpc) is 2.82. The summed E-state index contributed by atoms with van der Waals surface area (Å²) in [5.74, 6) is 0. The first kappa shape index (κ1) is 14.3. The van der Waals surface area contributed by atoms with E-state index in [0.717, 1.165) is 42.6 Å². The minimum atomic E-state index is -0.238. The molecule has 0 bridgehead atoms. The third kappa shape index (κ3) is 3.51. The van der Waals surface area contributed by atoms with Crippen LogP contribution in [-0.4, -0.2) is 58.1 Å². The van der Waals surface area contributed by atoms with Crippen molar-refractivity contribution < 1.29 is 5.11 Å². The van der Waals surface area contributed by atoms with Gasteiger partial charge in [-0.15, -0.1) is 11.3 Å². The van der Waals surface area contributed by atoms with Crippen LogP contribution < -0.4 is 0 Å². The second-order valence-corrected chi connectivity index (χ2v) is 7.49. The Morgan fingerprint density at radius 3 is 2.75 bits per heavy atom. The predicted molar refractivity (Wildman–Crippen MR) is 85.2 cm³/mol. The molecule has 3 rings (SSSR count). The van der Waals surface area contributed by atoms with Crippen LogP contribution in [0.1, 0.15) is 6.92 Å². The molecule has 108 valence electrons. The summed E-state index contributed by atoms with van der Waals surface area (Å²) >= 11 is 3.52. The molecule has 1 aliphatic rings. The maximum atomic E-state index is 9.42. The molecule has 6 heteroatoms. The monoisotopic (exact) mass is 309 g/mol. The van der Waals surface area contributed by atoms with Gasteiger partial charge in [0.1, 0.15) is 0 Å². The van der Waals surface area contributed by atoms with E-state index in [1.165, 1.54) is 4.70 Å². The summed E-state index contributed by atoms with van der Waals surface area (Å²) in [7, 11) is 0. The van der Waals surface area contributed by atoms with Gasteiger partial charge >= 0.3 is 0 Å². The molecular weight excluding hydrogens is 290 g/mol. The highest BCUT2D eigenvalue weighted by Crippen LogP contribution is 2.31. The summed E-state index contributed by atoms with van der Waals surface area (Å²) in [5.41, 5.74) is 1.09. The number of aromatic nitrogens is 1. The zero-order valence-electron chi connectivity index (χ0n) is 11.5. The van der Waals surface area contributed by atoms with Crippen molar-refractivity contribution in [2.45, 2.75) is 17.4 Å². The third-order valence-corrected chi connectivity index (χ3v) is 5.51. The number of rotatable bonds is 4. The number of hydrogen-bond donors (Lipinski definition) is 1. The molecule has 20 heavy (non-hydrogen) atoms. The Morgan fingerprint density at radius 2 is 2.05 bits per heavy atom. The van der Waals surface area contributed by atoms with Crippen LogP contribution in [0.25, 0.3) is 10.2 Å². The number of aliphatic hydroxyl groups is 1. The lowest BCUT2D eigenvalue weighted by Crippen LogP contribution is -2.45. The normalized spacial score (nSPS) is 19.5. The molecule has 1 aromatic heterocycles. The maximum absolute atomic E-state index is 9.42. The van der Waals surface area contributed by atoms with Crippen LogP contribution in [0.15, 0.2) is 28.6 Å². The number of hydrogen-bond acceptors (Lipinski definition) is 6. The van der Waals surface area contributed by atoms with Crippen molar-refractivity contribution in [3.63, 3.8) is 0 Å². The first-order valence-electron chi connectivity index (χ1n) is 6.89. The van der Waals surface area contributed by atoms with Crippen LogP contribution in [0.3, 0.4) is 0 Å². The number of piperazine rings is 1. The minimum absolute atomic E-state index is 0.238. The second-order valence-electron chi connectivity index (χ2n) is 5.12. The van der Waals surface area contributed by atoms with Gasteiger partial charge in [-0.2, -0.15) is 0 Å². The van der Waals surface area contributed by atoms with Crippen molar-refractivity contribution in [3.8, 4) is 0 Å². The Balaban J connectivity index is 1.56. The largest absolute Gasteiger partial charge is 0.392 e. The molecule has 2 aromatic rings. The molecule has 1 atom stereocenters. The Hall–Kier alpha value is -0.660. The SMILES string of the molecule is C[C@@H](O)CN1CCN(Sc2nc3ccccc3s2)CC1. The first-order valence-corrected chi connectivity index (χ1v) is 8.48. The van der Waals surface area contributed by atoms with Crippen LogP contribution in [-0.2, 0) is 0 Å². The van der Waals surface area contributed by atoms with Gasteiger partial charge in [0.05, 0.1) is 16.3 Å². The summed E-state index contributed by atoms with van der Waals surface area (Å²) in [4.78, 5) is 6.98. The van der Waals surface area contributed by atoms with Gasteiger partial charge in [0.15, 0.2) is 4.34 Å². The van der Waals surface area contributed by atoms with Crippen molar-refractivity contribution in [3.05, 3.63) is 24.3 Å². The lowest BCUT2D eigenvalue weighted by Gasteiger charge is -2.33. The molecular formula is C14H19N3OS2. The fourth-order valence-electron chi connectivity index (χ4n) is 2.38. The molecule has 4 nitrogen and oxygen atoms in total. The van der Waals surface area contributed by atoms with E-state index in [1.807, 2.05) is 13.0 Å². The quantitative estimate of drug-likeness (QED) is 0.878. The van der Waals surface area contributed by atoms with Gasteiger partial charge in [0.2, 0.25) is 0 Å². The van der Waals surface area contributed by atoms with Gasteiger partial charge in [-0.05, 0) is 31.0 Å². The second kappa shape index (κ2) is 6.41. The van der Waals surface area contributed by atoms with E-state index in [9.17, 15) is 5.11 Å². The van der Waals surface area contributed by atoms with Gasteiger partial charge in [0, 0.05) is 32.7 Å². The van der Waals surface area contributed by atoms with Crippen molar-refractivity contribution in [1.29, 1.82) is 0 Å². The van der Waals surface area contributed by atoms with Crippen molar-refractivity contribution >= 4 is 33.5 Å². The van der Waals surface area contributed by atoms with Crippen molar-refractivity contribution in [1.82, 2.24) is 14.2 Å². The molecule has 1 aliphatic heterocycles. The molecule has 1 aromatic carbocycles. The molecule has 0 spiro atoms. The number of thiazole rings is 1. The Labute approximate surface area is 127 Å². The van der Waals surface area contributed by atoms with Crippen molar-refractivity contribution in [2.75, 3.05) is 32.7 Å². The number of nitrogens with zero attached hydrogens (tertiary/aromatic N) is 3. The molecule has 0 amide bonds. The van der Waals surface area contributed by atoms with Gasteiger partial charge in [0.25, 0.3) is 0 Å². The smallest absolute Gasteiger partial charge is 0.166 e. The zero-order valence-corrected chi connectivity index (χ0v) is 13.2. The van der Waals surface area contributed by atoms with Gasteiger partial charge in [-0.1, -0.05) is 12.1 Å². The van der Waals surface area contributed by atoms with E-state index in [1.54, 1.807) is 23.3 Å². The number of fused-ring (bicyclic) bond motifs is 1. The fourth-order valence-corrected chi connectivity index (χ4v) is 4.52. The summed E-state index contributed by atoms with van der Waals surface area (Å²) in [6, 6.07) is 8.28. The Morgan fingerprint density at radius 1 is 1.30 bits per heavy atom. The van der Waals surface area contributed by atoms with E-state index >= 15 is 0 Å². The predicted octanol–water partition coefficient (Wildman–Crippen LogP) is 2.30. The molecule has 0 aliphatic carbocycles. The molecule has 1 fully saturated rings. The van der Waals surface area contributed by atoms with E-state index < -0.39 is 0 Å². The van der Waals surface area contributed by atoms with E-state index in [-0.39, 0.29) is 6.10 Å². The number of para-hydroxylation sites is 1. The lowest BCUT2D eigenvalue weighted by atomic mass is 10.3. The van der Waals surface area contributed by atoms with Crippen LogP contribution in [0, 0.1) is 0 Å². The van der Waals surface area contributed by atoms with E-state index in [2.05, 4.69) is 32.4 Å². The summed E-state index contributed by atoms with van der Waals surface area (Å²) in [6.07, 6.45) is -0.238. The fraction of sp³-hybridized carbons (Fsp3) is 0.500. The number of benzene rings is 1. The van der Waals surface area contributed by atoms with Crippen LogP contribution >= 0.6 is 23.3 Å². The molecule has 0 radical (unpaired) electrons. The van der Waals surface area contributed by atoms with Gasteiger partial charge in [-0.3, -0.25) is 4.90 Å². The zero-order chi connectivity index (χ0) is 13.9. The van der Waals surface area contributed by atoms with Crippen LogP contribution in [0.4, 0.5) is 0 Å². The summed E-state index contributed by atoms with van der Waals surface area (Å²) < 4.78 is 4.74. The number of aliphatic hydroxyl groups excluding tert-OH is 1. The number of β-amino-alcohol motifs (C(OH)–C–C–N with tert-alkyl or cyclic N) is 1. The average molecular weight is 309 g/mol. The molecule has 2 heterocycles. The van der Waals surface area contributed by atoms with Crippen LogP contribution in [0.5, 0.6) is 0 Å². The summed E-state index contributed by atoms with van der Waals surface area (Å²) in [6.45, 7) is 6.70. The highest BCUT2D eigenvalue weighted by Gasteiger charge is 2.19. The molecule has 0 saturated carbocycles. The van der Waals surface area contributed by atoms with Gasteiger partial charge in [-0.25, -0.2) is 9.29 Å². The lowest BCUT2D eigenvalue weighted by molar-refractivity contribution is 0.105.